The Labute approximate surface area is 66.5 Å². The SMILES string of the molecule is O=C(O)C(F)Cc1nccs1. The number of aliphatic carboxylic acids is 1. The third kappa shape index (κ3) is 2.27. The van der Waals surface area contributed by atoms with Crippen LogP contribution in [-0.2, 0) is 11.2 Å². The van der Waals surface area contributed by atoms with Gasteiger partial charge in [0.2, 0.25) is 6.17 Å². The second kappa shape index (κ2) is 3.43. The minimum absolute atomic E-state index is 0.132. The van der Waals surface area contributed by atoms with E-state index in [1.54, 1.807) is 5.38 Å². The normalized spacial score (nSPS) is 12.8. The van der Waals surface area contributed by atoms with E-state index in [1.807, 2.05) is 0 Å². The number of rotatable bonds is 3. The van der Waals surface area contributed by atoms with Gasteiger partial charge >= 0.3 is 5.97 Å². The summed E-state index contributed by atoms with van der Waals surface area (Å²) in [6.45, 7) is 0. The van der Waals surface area contributed by atoms with Crippen molar-refractivity contribution in [1.29, 1.82) is 0 Å². The van der Waals surface area contributed by atoms with Crippen LogP contribution in [0.15, 0.2) is 11.6 Å². The molecule has 0 aliphatic carbocycles. The highest BCUT2D eigenvalue weighted by Crippen LogP contribution is 2.08. The van der Waals surface area contributed by atoms with E-state index >= 15 is 0 Å². The van der Waals surface area contributed by atoms with Crippen LogP contribution >= 0.6 is 11.3 Å². The fourth-order valence-electron chi connectivity index (χ4n) is 0.594. The highest BCUT2D eigenvalue weighted by atomic mass is 32.1. The molecule has 0 aromatic carbocycles. The number of nitrogens with zero attached hydrogens (tertiary/aromatic N) is 1. The number of hydrogen-bond donors (Lipinski definition) is 1. The van der Waals surface area contributed by atoms with Crippen LogP contribution in [-0.4, -0.2) is 22.2 Å². The molecule has 5 heteroatoms. The maximum absolute atomic E-state index is 12.5. The summed E-state index contributed by atoms with van der Waals surface area (Å²) in [5, 5.41) is 10.4. The Hall–Kier alpha value is -0.970. The fourth-order valence-corrected chi connectivity index (χ4v) is 1.24. The second-order valence-electron chi connectivity index (χ2n) is 1.94. The highest BCUT2D eigenvalue weighted by molar-refractivity contribution is 7.09. The maximum Gasteiger partial charge on any atom is 0.338 e. The van der Waals surface area contributed by atoms with Gasteiger partial charge in [-0.25, -0.2) is 14.2 Å². The van der Waals surface area contributed by atoms with Crippen molar-refractivity contribution in [2.24, 2.45) is 0 Å². The number of carboxylic acid groups (broad SMARTS) is 1. The predicted molar refractivity (Wildman–Crippen MR) is 38.3 cm³/mol. The first kappa shape index (κ1) is 8.13. The molecule has 0 aliphatic rings. The van der Waals surface area contributed by atoms with Gasteiger partial charge in [0.05, 0.1) is 5.01 Å². The summed E-state index contributed by atoms with van der Waals surface area (Å²) in [5.41, 5.74) is 0. The van der Waals surface area contributed by atoms with Gasteiger partial charge in [-0.2, -0.15) is 0 Å². The van der Waals surface area contributed by atoms with Crippen LogP contribution in [0.4, 0.5) is 4.39 Å². The molecule has 60 valence electrons. The molecule has 0 fully saturated rings. The summed E-state index contributed by atoms with van der Waals surface area (Å²) in [7, 11) is 0. The third-order valence-electron chi connectivity index (χ3n) is 1.11. The van der Waals surface area contributed by atoms with E-state index in [1.165, 1.54) is 17.5 Å². The number of hydrogen-bond acceptors (Lipinski definition) is 3. The Morgan fingerprint density at radius 3 is 3.09 bits per heavy atom. The second-order valence-corrected chi connectivity index (χ2v) is 2.91. The smallest absolute Gasteiger partial charge is 0.338 e. The number of alkyl halides is 1. The van der Waals surface area contributed by atoms with Gasteiger partial charge in [0.25, 0.3) is 0 Å². The Morgan fingerprint density at radius 2 is 2.64 bits per heavy atom. The average molecular weight is 175 g/mol. The quantitative estimate of drug-likeness (QED) is 0.748. The van der Waals surface area contributed by atoms with E-state index in [9.17, 15) is 9.18 Å². The molecule has 0 saturated heterocycles. The fraction of sp³-hybridized carbons (Fsp3) is 0.333. The molecule has 0 bridgehead atoms. The zero-order valence-corrected chi connectivity index (χ0v) is 6.34. The van der Waals surface area contributed by atoms with Gasteiger partial charge in [-0.15, -0.1) is 11.3 Å². The predicted octanol–water partition coefficient (Wildman–Crippen LogP) is 1.11. The molecule has 1 rings (SSSR count). The van der Waals surface area contributed by atoms with Gasteiger partial charge in [0.1, 0.15) is 0 Å². The van der Waals surface area contributed by atoms with Crippen molar-refractivity contribution in [1.82, 2.24) is 4.98 Å². The summed E-state index contributed by atoms with van der Waals surface area (Å²) in [6, 6.07) is 0. The molecule has 1 aromatic heterocycles. The van der Waals surface area contributed by atoms with Gasteiger partial charge in [-0.3, -0.25) is 0 Å². The van der Waals surface area contributed by atoms with Crippen molar-refractivity contribution < 1.29 is 14.3 Å². The summed E-state index contributed by atoms with van der Waals surface area (Å²) < 4.78 is 12.5. The van der Waals surface area contributed by atoms with Crippen LogP contribution < -0.4 is 0 Å². The minimum Gasteiger partial charge on any atom is -0.479 e. The van der Waals surface area contributed by atoms with Crippen LogP contribution in [0.2, 0.25) is 0 Å². The molecule has 1 aromatic rings. The Bertz CT molecular complexity index is 237. The molecule has 0 aliphatic heterocycles. The number of aromatic nitrogens is 1. The van der Waals surface area contributed by atoms with E-state index in [0.717, 1.165) is 0 Å². The number of thiazole rings is 1. The number of carbonyl (C=O) groups is 1. The minimum atomic E-state index is -1.83. The zero-order valence-electron chi connectivity index (χ0n) is 5.53. The van der Waals surface area contributed by atoms with Crippen LogP contribution in [0.3, 0.4) is 0 Å². The van der Waals surface area contributed by atoms with Crippen LogP contribution in [0.1, 0.15) is 5.01 Å². The van der Waals surface area contributed by atoms with Gasteiger partial charge < -0.3 is 5.11 Å². The summed E-state index contributed by atoms with van der Waals surface area (Å²) in [6.07, 6.45) is -0.442. The van der Waals surface area contributed by atoms with E-state index in [4.69, 9.17) is 5.11 Å². The largest absolute Gasteiger partial charge is 0.479 e. The van der Waals surface area contributed by atoms with Crippen molar-refractivity contribution in [2.75, 3.05) is 0 Å². The molecular weight excluding hydrogens is 169 g/mol. The first-order valence-electron chi connectivity index (χ1n) is 2.95. The van der Waals surface area contributed by atoms with E-state index < -0.39 is 12.1 Å². The topological polar surface area (TPSA) is 50.2 Å². The first-order chi connectivity index (χ1) is 5.20. The lowest BCUT2D eigenvalue weighted by molar-refractivity contribution is -0.142. The van der Waals surface area contributed by atoms with Gasteiger partial charge in [-0.1, -0.05) is 0 Å². The monoisotopic (exact) mass is 175 g/mol. The molecular formula is C6H6FNO2S. The van der Waals surface area contributed by atoms with E-state index in [0.29, 0.717) is 5.01 Å². The van der Waals surface area contributed by atoms with Gasteiger partial charge in [0.15, 0.2) is 0 Å². The standard InChI is InChI=1S/C6H6FNO2S/c7-4(6(9)10)3-5-8-1-2-11-5/h1-2,4H,3H2,(H,9,10). The summed E-state index contributed by atoms with van der Waals surface area (Å²) >= 11 is 1.25. The number of carboxylic acids is 1. The lowest BCUT2D eigenvalue weighted by Gasteiger charge is -1.97. The molecule has 1 atom stereocenters. The van der Waals surface area contributed by atoms with Crippen LogP contribution in [0.25, 0.3) is 0 Å². The molecule has 0 saturated carbocycles. The average Bonchev–Trinajstić information content (AvgIpc) is 2.39. The van der Waals surface area contributed by atoms with Crippen molar-refractivity contribution in [2.45, 2.75) is 12.6 Å². The van der Waals surface area contributed by atoms with Crippen molar-refractivity contribution in [3.05, 3.63) is 16.6 Å². The molecule has 1 heterocycles. The van der Waals surface area contributed by atoms with Crippen molar-refractivity contribution in [3.8, 4) is 0 Å². The molecule has 3 nitrogen and oxygen atoms in total. The van der Waals surface area contributed by atoms with Gasteiger partial charge in [0, 0.05) is 18.0 Å². The molecule has 11 heavy (non-hydrogen) atoms. The lowest BCUT2D eigenvalue weighted by Crippen LogP contribution is -2.16. The molecule has 0 spiro atoms. The Balaban J connectivity index is 2.50. The molecule has 0 amide bonds. The zero-order chi connectivity index (χ0) is 8.27. The van der Waals surface area contributed by atoms with Crippen molar-refractivity contribution in [3.63, 3.8) is 0 Å². The summed E-state index contributed by atoms with van der Waals surface area (Å²) in [4.78, 5) is 13.8. The molecule has 0 radical (unpaired) electrons. The highest BCUT2D eigenvalue weighted by Gasteiger charge is 2.16. The molecule has 1 unspecified atom stereocenters. The lowest BCUT2D eigenvalue weighted by atomic mass is 10.3. The van der Waals surface area contributed by atoms with Gasteiger partial charge in [-0.05, 0) is 0 Å². The number of halogens is 1. The Morgan fingerprint density at radius 1 is 1.91 bits per heavy atom. The Kier molecular flexibility index (Phi) is 2.53. The summed E-state index contributed by atoms with van der Waals surface area (Å²) in [5.74, 6) is -1.43. The van der Waals surface area contributed by atoms with E-state index in [2.05, 4.69) is 4.98 Å². The first-order valence-corrected chi connectivity index (χ1v) is 3.83. The van der Waals surface area contributed by atoms with E-state index in [-0.39, 0.29) is 6.42 Å². The van der Waals surface area contributed by atoms with Crippen LogP contribution in [0.5, 0.6) is 0 Å². The molecule has 1 N–H and O–H groups in total. The van der Waals surface area contributed by atoms with Crippen molar-refractivity contribution >= 4 is 17.3 Å². The third-order valence-corrected chi connectivity index (χ3v) is 1.91. The van der Waals surface area contributed by atoms with Crippen LogP contribution in [0, 0.1) is 0 Å². The maximum atomic E-state index is 12.5.